The van der Waals surface area contributed by atoms with E-state index in [-0.39, 0.29) is 11.7 Å². The van der Waals surface area contributed by atoms with Crippen molar-refractivity contribution in [1.29, 1.82) is 0 Å². The third kappa shape index (κ3) is 4.67. The Morgan fingerprint density at radius 3 is 2.66 bits per heavy atom. The third-order valence-corrected chi connectivity index (χ3v) is 5.57. The van der Waals surface area contributed by atoms with Crippen LogP contribution >= 0.6 is 0 Å². The molecule has 0 saturated carbocycles. The first kappa shape index (κ1) is 19.6. The summed E-state index contributed by atoms with van der Waals surface area (Å²) in [7, 11) is 1.88. The van der Waals surface area contributed by atoms with Gasteiger partial charge < -0.3 is 4.90 Å². The zero-order valence-electron chi connectivity index (χ0n) is 16.9. The van der Waals surface area contributed by atoms with E-state index in [9.17, 15) is 9.18 Å². The zero-order chi connectivity index (χ0) is 20.4. The lowest BCUT2D eigenvalue weighted by molar-refractivity contribution is -0.123. The second kappa shape index (κ2) is 8.37. The summed E-state index contributed by atoms with van der Waals surface area (Å²) in [5.41, 5.74) is 3.57. The quantitative estimate of drug-likeness (QED) is 0.641. The van der Waals surface area contributed by atoms with Crippen molar-refractivity contribution < 1.29 is 9.18 Å². The summed E-state index contributed by atoms with van der Waals surface area (Å²) in [6.45, 7) is 3.61. The highest BCUT2D eigenvalue weighted by Gasteiger charge is 2.25. The van der Waals surface area contributed by atoms with Crippen molar-refractivity contribution >= 4 is 16.7 Å². The number of halogens is 1. The molecule has 152 valence electrons. The number of pyridine rings is 2. The van der Waals surface area contributed by atoms with Gasteiger partial charge in [0, 0.05) is 60.5 Å². The molecule has 1 aliphatic heterocycles. The Bertz CT molecular complexity index is 1010. The fourth-order valence-corrected chi connectivity index (χ4v) is 4.02. The van der Waals surface area contributed by atoms with Crippen LogP contribution < -0.4 is 0 Å². The van der Waals surface area contributed by atoms with Crippen LogP contribution in [0.4, 0.5) is 4.39 Å². The Kier molecular flexibility index (Phi) is 5.67. The summed E-state index contributed by atoms with van der Waals surface area (Å²) in [6, 6.07) is 4.02. The molecule has 0 amide bonds. The molecule has 6 nitrogen and oxygen atoms in total. The van der Waals surface area contributed by atoms with Gasteiger partial charge in [-0.3, -0.25) is 19.4 Å². The third-order valence-electron chi connectivity index (χ3n) is 5.57. The highest BCUT2D eigenvalue weighted by atomic mass is 19.1. The van der Waals surface area contributed by atoms with E-state index in [4.69, 9.17) is 0 Å². The van der Waals surface area contributed by atoms with Gasteiger partial charge in [-0.05, 0) is 45.0 Å². The molecule has 0 N–H and O–H groups in total. The number of ketones is 1. The minimum atomic E-state index is -0.825. The van der Waals surface area contributed by atoms with Crippen LogP contribution in [0, 0.1) is 5.92 Å². The number of carbonyl (C=O) groups is 1. The highest BCUT2D eigenvalue weighted by molar-refractivity contribution is 5.86. The van der Waals surface area contributed by atoms with E-state index in [1.165, 1.54) is 0 Å². The number of Topliss-reactive ketones (excluding diaryl/α,β-unsaturated/α-hetero) is 1. The number of alkyl halides is 1. The lowest BCUT2D eigenvalue weighted by atomic mass is 9.90. The van der Waals surface area contributed by atoms with Crippen LogP contribution in [0.2, 0.25) is 0 Å². The molecule has 29 heavy (non-hydrogen) atoms. The van der Waals surface area contributed by atoms with Crippen LogP contribution in [0.3, 0.4) is 0 Å². The maximum atomic E-state index is 13.2. The molecule has 3 aromatic heterocycles. The summed E-state index contributed by atoms with van der Waals surface area (Å²) in [5, 5.41) is 5.18. The minimum Gasteiger partial charge on any atom is -0.300 e. The van der Waals surface area contributed by atoms with Crippen molar-refractivity contribution in [3.05, 3.63) is 42.6 Å². The van der Waals surface area contributed by atoms with Crippen LogP contribution in [0.25, 0.3) is 22.0 Å². The predicted octanol–water partition coefficient (Wildman–Crippen LogP) is 3.21. The zero-order valence-corrected chi connectivity index (χ0v) is 16.9. The Balaban J connectivity index is 1.44. The SMILES string of the molecule is C[C@H](F)CN1CCC(C(=O)Cc2cc3cc(-c4cnn(C)c4)cnc3cn2)CC1. The summed E-state index contributed by atoms with van der Waals surface area (Å²) in [4.78, 5) is 23.8. The van der Waals surface area contributed by atoms with Crippen LogP contribution in [0.1, 0.15) is 25.5 Å². The lowest BCUT2D eigenvalue weighted by Gasteiger charge is -2.31. The first-order valence-electron chi connectivity index (χ1n) is 10.1. The number of hydrogen-bond donors (Lipinski definition) is 0. The number of nitrogens with zero attached hydrogens (tertiary/aromatic N) is 5. The van der Waals surface area contributed by atoms with Gasteiger partial charge in [0.2, 0.25) is 0 Å². The highest BCUT2D eigenvalue weighted by Crippen LogP contribution is 2.24. The molecular formula is C22H26FN5O. The molecule has 0 unspecified atom stereocenters. The smallest absolute Gasteiger partial charge is 0.142 e. The van der Waals surface area contributed by atoms with Crippen LogP contribution in [0.15, 0.2) is 36.9 Å². The van der Waals surface area contributed by atoms with Gasteiger partial charge in [-0.25, -0.2) is 4.39 Å². The largest absolute Gasteiger partial charge is 0.300 e. The molecule has 3 aromatic rings. The molecule has 1 atom stereocenters. The molecule has 4 rings (SSSR count). The van der Waals surface area contributed by atoms with Gasteiger partial charge in [-0.1, -0.05) is 0 Å². The average Bonchev–Trinajstić information content (AvgIpc) is 3.14. The van der Waals surface area contributed by atoms with Gasteiger partial charge in [0.15, 0.2) is 0 Å². The summed E-state index contributed by atoms with van der Waals surface area (Å²) in [5.74, 6) is 0.264. The van der Waals surface area contributed by atoms with Crippen molar-refractivity contribution in [2.45, 2.75) is 32.4 Å². The number of aromatic nitrogens is 4. The van der Waals surface area contributed by atoms with Crippen LogP contribution in [-0.2, 0) is 18.3 Å². The Morgan fingerprint density at radius 2 is 1.97 bits per heavy atom. The maximum absolute atomic E-state index is 13.2. The normalized spacial score (nSPS) is 16.9. The second-order valence-corrected chi connectivity index (χ2v) is 7.99. The average molecular weight is 395 g/mol. The molecule has 7 heteroatoms. The fourth-order valence-electron chi connectivity index (χ4n) is 4.02. The molecule has 0 bridgehead atoms. The second-order valence-electron chi connectivity index (χ2n) is 7.99. The Morgan fingerprint density at radius 1 is 1.17 bits per heavy atom. The number of fused-ring (bicyclic) bond motifs is 1. The Labute approximate surface area is 169 Å². The van der Waals surface area contributed by atoms with Gasteiger partial charge >= 0.3 is 0 Å². The molecular weight excluding hydrogens is 369 g/mol. The summed E-state index contributed by atoms with van der Waals surface area (Å²) < 4.78 is 14.9. The molecule has 0 spiro atoms. The van der Waals surface area contributed by atoms with Gasteiger partial charge in [0.05, 0.1) is 17.9 Å². The number of rotatable bonds is 6. The van der Waals surface area contributed by atoms with Crippen molar-refractivity contribution in [2.24, 2.45) is 13.0 Å². The van der Waals surface area contributed by atoms with Crippen molar-refractivity contribution in [1.82, 2.24) is 24.6 Å². The monoisotopic (exact) mass is 395 g/mol. The molecule has 1 saturated heterocycles. The van der Waals surface area contributed by atoms with Crippen molar-refractivity contribution in [3.63, 3.8) is 0 Å². The van der Waals surface area contributed by atoms with Gasteiger partial charge in [0.1, 0.15) is 12.0 Å². The number of aryl methyl sites for hydroxylation is 1. The van der Waals surface area contributed by atoms with E-state index in [1.54, 1.807) is 17.8 Å². The number of likely N-dealkylation sites (tertiary alicyclic amines) is 1. The number of carbonyl (C=O) groups excluding carboxylic acids is 1. The molecule has 0 aliphatic carbocycles. The van der Waals surface area contributed by atoms with Crippen molar-refractivity contribution in [2.75, 3.05) is 19.6 Å². The number of hydrogen-bond acceptors (Lipinski definition) is 5. The van der Waals surface area contributed by atoms with E-state index < -0.39 is 6.17 Å². The minimum absolute atomic E-state index is 0.0403. The van der Waals surface area contributed by atoms with Gasteiger partial charge in [0.25, 0.3) is 0 Å². The summed E-state index contributed by atoms with van der Waals surface area (Å²) >= 11 is 0. The van der Waals surface area contributed by atoms with Gasteiger partial charge in [-0.15, -0.1) is 0 Å². The van der Waals surface area contributed by atoms with E-state index >= 15 is 0 Å². The van der Waals surface area contributed by atoms with Crippen molar-refractivity contribution in [3.8, 4) is 11.1 Å². The molecule has 0 radical (unpaired) electrons. The maximum Gasteiger partial charge on any atom is 0.142 e. The standard InChI is InChI=1S/C22H26FN5O/c1-15(23)13-28-5-3-16(4-6-28)22(29)9-20-8-17-7-18(10-25-21(17)12-24-20)19-11-26-27(2)14-19/h7-8,10-12,14-16H,3-6,9,13H2,1-2H3/t15-/m0/s1. The predicted molar refractivity (Wildman–Crippen MR) is 110 cm³/mol. The van der Waals surface area contributed by atoms with E-state index in [2.05, 4.69) is 26.0 Å². The molecule has 1 aliphatic rings. The topological polar surface area (TPSA) is 63.9 Å². The Hall–Kier alpha value is -2.67. The number of piperidine rings is 1. The first-order chi connectivity index (χ1) is 14.0. The van der Waals surface area contributed by atoms with Crippen LogP contribution in [-0.4, -0.2) is 56.2 Å². The lowest BCUT2D eigenvalue weighted by Crippen LogP contribution is -2.39. The molecule has 1 fully saturated rings. The van der Waals surface area contributed by atoms with E-state index in [0.29, 0.717) is 13.0 Å². The molecule has 4 heterocycles. The van der Waals surface area contributed by atoms with E-state index in [1.807, 2.05) is 31.7 Å². The summed E-state index contributed by atoms with van der Waals surface area (Å²) in [6.07, 6.45) is 8.41. The fraction of sp³-hybridized carbons (Fsp3) is 0.455. The molecule has 0 aromatic carbocycles. The first-order valence-corrected chi connectivity index (χ1v) is 10.1. The van der Waals surface area contributed by atoms with E-state index in [0.717, 1.165) is 53.7 Å². The van der Waals surface area contributed by atoms with Gasteiger partial charge in [-0.2, -0.15) is 5.10 Å². The van der Waals surface area contributed by atoms with Crippen LogP contribution in [0.5, 0.6) is 0 Å².